The predicted octanol–water partition coefficient (Wildman–Crippen LogP) is 1.92. The fourth-order valence-corrected chi connectivity index (χ4v) is 2.50. The Morgan fingerprint density at radius 1 is 1.45 bits per heavy atom. The molecule has 0 spiro atoms. The van der Waals surface area contributed by atoms with Crippen LogP contribution in [0.15, 0.2) is 29.6 Å². The van der Waals surface area contributed by atoms with Crippen LogP contribution in [0.25, 0.3) is 11.3 Å². The van der Waals surface area contributed by atoms with Crippen molar-refractivity contribution in [3.8, 4) is 11.3 Å². The smallest absolute Gasteiger partial charge is 0.225 e. The lowest BCUT2D eigenvalue weighted by Gasteiger charge is -2.10. The van der Waals surface area contributed by atoms with E-state index in [1.165, 1.54) is 11.3 Å². The Balaban J connectivity index is 2.07. The number of thiazole rings is 1. The molecule has 7 heteroatoms. The van der Waals surface area contributed by atoms with Gasteiger partial charge in [-0.05, 0) is 12.1 Å². The van der Waals surface area contributed by atoms with Crippen molar-refractivity contribution in [3.63, 3.8) is 0 Å². The van der Waals surface area contributed by atoms with Crippen LogP contribution in [0, 0.1) is 0 Å². The van der Waals surface area contributed by atoms with E-state index in [2.05, 4.69) is 15.6 Å². The lowest BCUT2D eigenvalue weighted by Crippen LogP contribution is -2.22. The first-order valence-corrected chi connectivity index (χ1v) is 7.89. The van der Waals surface area contributed by atoms with Crippen molar-refractivity contribution < 1.29 is 15.0 Å². The molecule has 0 saturated carbocycles. The van der Waals surface area contributed by atoms with E-state index in [0.29, 0.717) is 11.6 Å². The summed E-state index contributed by atoms with van der Waals surface area (Å²) in [5.41, 5.74) is 2.52. The van der Waals surface area contributed by atoms with Crippen LogP contribution in [0.5, 0.6) is 0 Å². The summed E-state index contributed by atoms with van der Waals surface area (Å²) in [6, 6.07) is 7.59. The third kappa shape index (κ3) is 4.52. The van der Waals surface area contributed by atoms with Crippen LogP contribution in [-0.2, 0) is 4.79 Å². The van der Waals surface area contributed by atoms with Gasteiger partial charge in [-0.15, -0.1) is 11.3 Å². The lowest BCUT2D eigenvalue weighted by molar-refractivity contribution is -0.115. The lowest BCUT2D eigenvalue weighted by atomic mass is 10.1. The molecular weight excluding hydrogens is 302 g/mol. The summed E-state index contributed by atoms with van der Waals surface area (Å²) in [7, 11) is 0. The quantitative estimate of drug-likeness (QED) is 0.625. The van der Waals surface area contributed by atoms with E-state index in [0.717, 1.165) is 16.9 Å². The zero-order valence-electron chi connectivity index (χ0n) is 12.2. The maximum absolute atomic E-state index is 11.4. The third-order valence-electron chi connectivity index (χ3n) is 2.98. The summed E-state index contributed by atoms with van der Waals surface area (Å²) in [6.07, 6.45) is -0.375. The minimum atomic E-state index is -0.793. The number of anilines is 2. The first kappa shape index (κ1) is 16.4. The number of hydrogen-bond acceptors (Lipinski definition) is 6. The van der Waals surface area contributed by atoms with Crippen LogP contribution in [-0.4, -0.2) is 40.4 Å². The number of carbonyl (C=O) groups is 1. The summed E-state index contributed by atoms with van der Waals surface area (Å²) in [4.78, 5) is 15.8. The molecule has 1 heterocycles. The van der Waals surface area contributed by atoms with Crippen molar-refractivity contribution in [2.75, 3.05) is 23.8 Å². The Hall–Kier alpha value is -1.96. The van der Waals surface area contributed by atoms with Gasteiger partial charge in [-0.25, -0.2) is 4.98 Å². The molecular formula is C15H19N3O3S. The second-order valence-electron chi connectivity index (χ2n) is 4.74. The summed E-state index contributed by atoms with van der Waals surface area (Å²) in [5, 5.41) is 26.4. The van der Waals surface area contributed by atoms with Gasteiger partial charge in [0, 0.05) is 29.6 Å². The molecule has 4 N–H and O–H groups in total. The average molecular weight is 321 g/mol. The molecule has 1 aromatic carbocycles. The van der Waals surface area contributed by atoms with Gasteiger partial charge in [0.05, 0.1) is 18.4 Å². The summed E-state index contributed by atoms with van der Waals surface area (Å²) >= 11 is 1.38. The van der Waals surface area contributed by atoms with E-state index >= 15 is 0 Å². The maximum atomic E-state index is 11.4. The highest BCUT2D eigenvalue weighted by atomic mass is 32.1. The molecule has 0 aliphatic carbocycles. The van der Waals surface area contributed by atoms with E-state index in [4.69, 9.17) is 5.11 Å². The van der Waals surface area contributed by atoms with E-state index < -0.39 is 6.10 Å². The minimum absolute atomic E-state index is 0.0608. The molecule has 0 aliphatic rings. The van der Waals surface area contributed by atoms with Gasteiger partial charge < -0.3 is 20.8 Å². The summed E-state index contributed by atoms with van der Waals surface area (Å²) < 4.78 is 0. The molecule has 2 rings (SSSR count). The van der Waals surface area contributed by atoms with E-state index in [1.807, 2.05) is 29.6 Å². The van der Waals surface area contributed by atoms with Gasteiger partial charge in [-0.2, -0.15) is 0 Å². The number of aliphatic hydroxyl groups excluding tert-OH is 2. The van der Waals surface area contributed by atoms with Gasteiger partial charge in [-0.3, -0.25) is 4.79 Å². The monoisotopic (exact) mass is 321 g/mol. The van der Waals surface area contributed by atoms with Crippen molar-refractivity contribution in [3.05, 3.63) is 29.6 Å². The third-order valence-corrected chi connectivity index (χ3v) is 3.74. The molecule has 0 saturated heterocycles. The number of carbonyl (C=O) groups excluding carboxylic acids is 1. The van der Waals surface area contributed by atoms with Gasteiger partial charge >= 0.3 is 0 Å². The van der Waals surface area contributed by atoms with Crippen LogP contribution in [0.2, 0.25) is 0 Å². The molecule has 0 fully saturated rings. The normalized spacial score (nSPS) is 12.0. The number of amides is 1. The molecule has 1 aromatic heterocycles. The maximum Gasteiger partial charge on any atom is 0.225 e. The van der Waals surface area contributed by atoms with E-state index in [1.54, 1.807) is 6.92 Å². The number of nitrogens with one attached hydrogen (secondary N) is 2. The van der Waals surface area contributed by atoms with Crippen molar-refractivity contribution >= 4 is 28.1 Å². The number of benzene rings is 1. The van der Waals surface area contributed by atoms with Gasteiger partial charge in [0.15, 0.2) is 5.13 Å². The van der Waals surface area contributed by atoms with Crippen LogP contribution in [0.1, 0.15) is 13.3 Å². The largest absolute Gasteiger partial charge is 0.394 e. The standard InChI is InChI=1S/C15H19N3O3S/c1-2-14(21)18-15-17-13(9-22-15)10-4-3-5-11(6-10)16-7-12(20)8-19/h3-6,9,12,16,19-20H,2,7-8H2,1H3,(H,17,18,21). The van der Waals surface area contributed by atoms with Crippen LogP contribution >= 0.6 is 11.3 Å². The Morgan fingerprint density at radius 3 is 3.00 bits per heavy atom. The fourth-order valence-electron chi connectivity index (χ4n) is 1.76. The second kappa shape index (κ2) is 7.88. The number of rotatable bonds is 7. The van der Waals surface area contributed by atoms with Crippen molar-refractivity contribution in [1.29, 1.82) is 0 Å². The Bertz CT molecular complexity index is 630. The Morgan fingerprint density at radius 2 is 2.27 bits per heavy atom. The molecule has 1 atom stereocenters. The van der Waals surface area contributed by atoms with Gasteiger partial charge in [0.25, 0.3) is 0 Å². The summed E-state index contributed by atoms with van der Waals surface area (Å²) in [5.74, 6) is -0.0608. The van der Waals surface area contributed by atoms with Crippen LogP contribution in [0.4, 0.5) is 10.8 Å². The Labute approximate surface area is 132 Å². The van der Waals surface area contributed by atoms with Gasteiger partial charge in [0.2, 0.25) is 5.91 Å². The van der Waals surface area contributed by atoms with E-state index in [-0.39, 0.29) is 19.1 Å². The fraction of sp³-hybridized carbons (Fsp3) is 0.333. The second-order valence-corrected chi connectivity index (χ2v) is 5.60. The molecule has 6 nitrogen and oxygen atoms in total. The number of hydrogen-bond donors (Lipinski definition) is 4. The predicted molar refractivity (Wildman–Crippen MR) is 88.1 cm³/mol. The van der Waals surface area contributed by atoms with Crippen molar-refractivity contribution in [2.45, 2.75) is 19.4 Å². The van der Waals surface area contributed by atoms with Crippen molar-refractivity contribution in [1.82, 2.24) is 4.98 Å². The average Bonchev–Trinajstić information content (AvgIpc) is 3.01. The summed E-state index contributed by atoms with van der Waals surface area (Å²) in [6.45, 7) is 1.79. The number of nitrogens with zero attached hydrogens (tertiary/aromatic N) is 1. The van der Waals surface area contributed by atoms with Crippen LogP contribution < -0.4 is 10.6 Å². The van der Waals surface area contributed by atoms with Gasteiger partial charge in [-0.1, -0.05) is 19.1 Å². The zero-order valence-corrected chi connectivity index (χ0v) is 13.1. The van der Waals surface area contributed by atoms with E-state index in [9.17, 15) is 9.90 Å². The molecule has 0 aliphatic heterocycles. The number of aliphatic hydroxyl groups is 2. The van der Waals surface area contributed by atoms with Gasteiger partial charge in [0.1, 0.15) is 0 Å². The molecule has 1 amide bonds. The Kier molecular flexibility index (Phi) is 5.88. The molecule has 0 radical (unpaired) electrons. The minimum Gasteiger partial charge on any atom is -0.394 e. The first-order valence-electron chi connectivity index (χ1n) is 7.01. The highest BCUT2D eigenvalue weighted by Crippen LogP contribution is 2.26. The highest BCUT2D eigenvalue weighted by Gasteiger charge is 2.08. The van der Waals surface area contributed by atoms with Crippen LogP contribution in [0.3, 0.4) is 0 Å². The zero-order chi connectivity index (χ0) is 15.9. The highest BCUT2D eigenvalue weighted by molar-refractivity contribution is 7.14. The molecule has 22 heavy (non-hydrogen) atoms. The molecule has 1 unspecified atom stereocenters. The topological polar surface area (TPSA) is 94.5 Å². The number of aromatic nitrogens is 1. The first-order chi connectivity index (χ1) is 10.6. The molecule has 118 valence electrons. The molecule has 0 bridgehead atoms. The van der Waals surface area contributed by atoms with Crippen molar-refractivity contribution in [2.24, 2.45) is 0 Å². The molecule has 2 aromatic rings. The SMILES string of the molecule is CCC(=O)Nc1nc(-c2cccc(NCC(O)CO)c2)cs1.